The monoisotopic (exact) mass is 358 g/mol. The molecular weight excluding hydrogens is 340 g/mol. The first-order chi connectivity index (χ1) is 13.1. The molecule has 0 heterocycles. The molecule has 3 amide bonds. The summed E-state index contributed by atoms with van der Waals surface area (Å²) in [7, 11) is 0. The van der Waals surface area contributed by atoms with Crippen LogP contribution < -0.4 is 16.5 Å². The summed E-state index contributed by atoms with van der Waals surface area (Å²) in [6.45, 7) is 0. The fraction of sp³-hybridized carbons (Fsp3) is 0. The summed E-state index contributed by atoms with van der Waals surface area (Å²) in [5.74, 6) is -0.356. The zero-order valence-electron chi connectivity index (χ0n) is 14.4. The fourth-order valence-electron chi connectivity index (χ4n) is 2.51. The molecule has 0 aromatic heterocycles. The van der Waals surface area contributed by atoms with E-state index in [2.05, 4.69) is 15.8 Å². The van der Waals surface area contributed by atoms with Gasteiger partial charge in [-0.15, -0.1) is 0 Å². The van der Waals surface area contributed by atoms with Gasteiger partial charge in [0.1, 0.15) is 0 Å². The van der Waals surface area contributed by atoms with Crippen molar-refractivity contribution in [1.29, 1.82) is 0 Å². The van der Waals surface area contributed by atoms with Crippen molar-refractivity contribution in [2.24, 2.45) is 10.8 Å². The maximum absolute atomic E-state index is 12.4. The average Bonchev–Trinajstić information content (AvgIpc) is 2.70. The lowest BCUT2D eigenvalue weighted by Gasteiger charge is -2.08. The highest BCUT2D eigenvalue weighted by molar-refractivity contribution is 6.13. The zero-order chi connectivity index (χ0) is 19.1. The number of urea groups is 1. The van der Waals surface area contributed by atoms with Gasteiger partial charge in [0.2, 0.25) is 0 Å². The van der Waals surface area contributed by atoms with E-state index in [9.17, 15) is 9.59 Å². The normalized spacial score (nSPS) is 9.93. The molecule has 0 saturated heterocycles. The second-order valence-corrected chi connectivity index (χ2v) is 5.70. The van der Waals surface area contributed by atoms with Crippen LogP contribution in [0.15, 0.2) is 90.0 Å². The average molecular weight is 358 g/mol. The Balaban J connectivity index is 1.82. The van der Waals surface area contributed by atoms with E-state index < -0.39 is 6.03 Å². The van der Waals surface area contributed by atoms with Gasteiger partial charge < -0.3 is 11.1 Å². The fourth-order valence-corrected chi connectivity index (χ4v) is 2.51. The van der Waals surface area contributed by atoms with Crippen molar-refractivity contribution in [2.75, 3.05) is 5.32 Å². The second kappa shape index (κ2) is 8.44. The molecule has 0 atom stereocenters. The molecule has 0 saturated carbocycles. The summed E-state index contributed by atoms with van der Waals surface area (Å²) in [6.07, 6.45) is 0. The van der Waals surface area contributed by atoms with Crippen LogP contribution in [0.2, 0.25) is 0 Å². The van der Waals surface area contributed by atoms with Crippen LogP contribution >= 0.6 is 0 Å². The lowest BCUT2D eigenvalue weighted by Crippen LogP contribution is -2.21. The van der Waals surface area contributed by atoms with Crippen LogP contribution in [0.1, 0.15) is 21.5 Å². The lowest BCUT2D eigenvalue weighted by molar-refractivity contribution is 0.0955. The molecule has 27 heavy (non-hydrogen) atoms. The molecule has 6 heteroatoms. The van der Waals surface area contributed by atoms with Gasteiger partial charge in [-0.2, -0.15) is 5.10 Å². The van der Waals surface area contributed by atoms with E-state index in [0.29, 0.717) is 17.0 Å². The smallest absolute Gasteiger partial charge is 0.316 e. The molecule has 0 spiro atoms. The van der Waals surface area contributed by atoms with Gasteiger partial charge in [-0.3, -0.25) is 4.79 Å². The Labute approximate surface area is 156 Å². The minimum absolute atomic E-state index is 0.356. The number of rotatable bonds is 5. The number of anilines is 1. The number of amides is 3. The highest BCUT2D eigenvalue weighted by Crippen LogP contribution is 2.12. The third kappa shape index (κ3) is 4.79. The van der Waals surface area contributed by atoms with Crippen LogP contribution in [0.25, 0.3) is 0 Å². The molecule has 134 valence electrons. The molecule has 4 N–H and O–H groups in total. The minimum atomic E-state index is -0.660. The van der Waals surface area contributed by atoms with E-state index in [4.69, 9.17) is 5.73 Å². The minimum Gasteiger partial charge on any atom is -0.351 e. The number of benzene rings is 3. The lowest BCUT2D eigenvalue weighted by atomic mass is 10.0. The van der Waals surface area contributed by atoms with Crippen LogP contribution in [0.3, 0.4) is 0 Å². The van der Waals surface area contributed by atoms with Gasteiger partial charge in [0.25, 0.3) is 5.91 Å². The maximum atomic E-state index is 12.4. The van der Waals surface area contributed by atoms with E-state index in [1.165, 1.54) is 0 Å². The number of nitrogens with zero attached hydrogens (tertiary/aromatic N) is 1. The summed E-state index contributed by atoms with van der Waals surface area (Å²) >= 11 is 0. The molecule has 0 aliphatic carbocycles. The first kappa shape index (κ1) is 17.9. The number of carbonyl (C=O) groups excluding carboxylic acids is 2. The van der Waals surface area contributed by atoms with Gasteiger partial charge in [0.15, 0.2) is 0 Å². The van der Waals surface area contributed by atoms with E-state index >= 15 is 0 Å². The third-order valence-corrected chi connectivity index (χ3v) is 3.78. The number of hydrazone groups is 1. The molecule has 6 nitrogen and oxygen atoms in total. The SMILES string of the molecule is NC(=O)Nc1ccc(C(=O)NN=C(c2ccccc2)c2ccccc2)cc1. The van der Waals surface area contributed by atoms with Crippen molar-refractivity contribution < 1.29 is 9.59 Å². The van der Waals surface area contributed by atoms with Crippen LogP contribution in [0.5, 0.6) is 0 Å². The molecule has 0 aliphatic rings. The van der Waals surface area contributed by atoms with Gasteiger partial charge in [-0.05, 0) is 24.3 Å². The molecular formula is C21H18N4O2. The number of hydrogen-bond acceptors (Lipinski definition) is 3. The molecule has 0 fully saturated rings. The number of carbonyl (C=O) groups is 2. The van der Waals surface area contributed by atoms with Gasteiger partial charge in [-0.25, -0.2) is 10.2 Å². The van der Waals surface area contributed by atoms with Crippen molar-refractivity contribution in [2.45, 2.75) is 0 Å². The quantitative estimate of drug-likeness (QED) is 0.481. The highest BCUT2D eigenvalue weighted by Gasteiger charge is 2.09. The van der Waals surface area contributed by atoms with Crippen LogP contribution in [-0.4, -0.2) is 17.6 Å². The van der Waals surface area contributed by atoms with Crippen molar-refractivity contribution in [3.63, 3.8) is 0 Å². The molecule has 3 aromatic rings. The zero-order valence-corrected chi connectivity index (χ0v) is 14.4. The standard InChI is InChI=1S/C21H18N4O2/c22-21(27)23-18-13-11-17(12-14-18)20(26)25-24-19(15-7-3-1-4-8-15)16-9-5-2-6-10-16/h1-14H,(H,25,26)(H3,22,23,27). The third-order valence-electron chi connectivity index (χ3n) is 3.78. The summed E-state index contributed by atoms with van der Waals surface area (Å²) in [5, 5.41) is 6.78. The van der Waals surface area contributed by atoms with Crippen LogP contribution in [0.4, 0.5) is 10.5 Å². The van der Waals surface area contributed by atoms with E-state index in [1.807, 2.05) is 60.7 Å². The topological polar surface area (TPSA) is 96.6 Å². The Hall–Kier alpha value is -3.93. The molecule has 0 unspecified atom stereocenters. The summed E-state index contributed by atoms with van der Waals surface area (Å²) in [4.78, 5) is 23.3. The molecule has 0 radical (unpaired) electrons. The molecule has 0 bridgehead atoms. The number of primary amides is 1. The number of nitrogens with one attached hydrogen (secondary N) is 2. The van der Waals surface area contributed by atoms with Gasteiger partial charge in [-0.1, -0.05) is 60.7 Å². The molecule has 3 rings (SSSR count). The Morgan fingerprint density at radius 3 is 1.70 bits per heavy atom. The predicted molar refractivity (Wildman–Crippen MR) is 106 cm³/mol. The highest BCUT2D eigenvalue weighted by atomic mass is 16.2. The van der Waals surface area contributed by atoms with Gasteiger partial charge in [0.05, 0.1) is 5.71 Å². The van der Waals surface area contributed by atoms with Crippen LogP contribution in [-0.2, 0) is 0 Å². The van der Waals surface area contributed by atoms with Crippen LogP contribution in [0, 0.1) is 0 Å². The molecule has 3 aromatic carbocycles. The Morgan fingerprint density at radius 2 is 1.22 bits per heavy atom. The summed E-state index contributed by atoms with van der Waals surface area (Å²) < 4.78 is 0. The maximum Gasteiger partial charge on any atom is 0.316 e. The van der Waals surface area contributed by atoms with Crippen molar-refractivity contribution in [1.82, 2.24) is 5.43 Å². The van der Waals surface area contributed by atoms with Crippen molar-refractivity contribution >= 4 is 23.3 Å². The first-order valence-electron chi connectivity index (χ1n) is 8.29. The second-order valence-electron chi connectivity index (χ2n) is 5.70. The van der Waals surface area contributed by atoms with E-state index in [-0.39, 0.29) is 5.91 Å². The summed E-state index contributed by atoms with van der Waals surface area (Å²) in [5.41, 5.74) is 11.0. The van der Waals surface area contributed by atoms with Gasteiger partial charge in [0, 0.05) is 22.4 Å². The number of hydrogen-bond donors (Lipinski definition) is 3. The van der Waals surface area contributed by atoms with Gasteiger partial charge >= 0.3 is 6.03 Å². The largest absolute Gasteiger partial charge is 0.351 e. The summed E-state index contributed by atoms with van der Waals surface area (Å²) in [6, 6.07) is 24.9. The Morgan fingerprint density at radius 1 is 0.704 bits per heavy atom. The Bertz CT molecular complexity index is 911. The Kier molecular flexibility index (Phi) is 5.59. The predicted octanol–water partition coefficient (Wildman–Crippen LogP) is 3.36. The van der Waals surface area contributed by atoms with Crippen molar-refractivity contribution in [3.05, 3.63) is 102 Å². The van der Waals surface area contributed by atoms with E-state index in [1.54, 1.807) is 24.3 Å². The van der Waals surface area contributed by atoms with E-state index in [0.717, 1.165) is 11.1 Å². The molecule has 0 aliphatic heterocycles. The van der Waals surface area contributed by atoms with Crippen molar-refractivity contribution in [3.8, 4) is 0 Å². The first-order valence-corrected chi connectivity index (χ1v) is 8.29. The number of nitrogens with two attached hydrogens (primary N) is 1.